The fourth-order valence-corrected chi connectivity index (χ4v) is 1.85. The summed E-state index contributed by atoms with van der Waals surface area (Å²) < 4.78 is 46.6. The highest BCUT2D eigenvalue weighted by Crippen LogP contribution is 2.20. The van der Waals surface area contributed by atoms with Gasteiger partial charge >= 0.3 is 5.76 Å². The van der Waals surface area contributed by atoms with Crippen molar-refractivity contribution in [2.75, 3.05) is 11.9 Å². The maximum absolute atomic E-state index is 12.2. The minimum absolute atomic E-state index is 0.308. The number of anilines is 1. The molecule has 1 aromatic rings. The quantitative estimate of drug-likeness (QED) is 0.903. The van der Waals surface area contributed by atoms with Crippen LogP contribution in [0.15, 0.2) is 40.8 Å². The molecule has 94 valence electrons. The smallest absolute Gasteiger partial charge is 0.341 e. The normalized spacial score (nSPS) is 11.5. The lowest BCUT2D eigenvalue weighted by Gasteiger charge is -2.06. The third-order valence-electron chi connectivity index (χ3n) is 1.90. The van der Waals surface area contributed by atoms with Gasteiger partial charge in [-0.3, -0.25) is 0 Å². The summed E-state index contributed by atoms with van der Waals surface area (Å²) in [6.07, 6.45) is 0. The largest absolute Gasteiger partial charge is 0.380 e. The van der Waals surface area contributed by atoms with E-state index in [1.54, 1.807) is 0 Å². The molecule has 0 heterocycles. The highest BCUT2D eigenvalue weighted by atomic mass is 35.5. The lowest BCUT2D eigenvalue weighted by Crippen LogP contribution is -2.11. The lowest BCUT2D eigenvalue weighted by molar-refractivity contribution is 0.234. The van der Waals surface area contributed by atoms with Crippen molar-refractivity contribution in [3.8, 4) is 0 Å². The molecule has 1 N–H and O–H groups in total. The van der Waals surface area contributed by atoms with Crippen LogP contribution in [0.3, 0.4) is 0 Å². The molecular weight excluding hydrogens is 272 g/mol. The average Bonchev–Trinajstić information content (AvgIpc) is 2.26. The highest BCUT2D eigenvalue weighted by molar-refractivity contribution is 7.91. The number of rotatable bonds is 5. The Kier molecular flexibility index (Phi) is 4.47. The van der Waals surface area contributed by atoms with E-state index in [1.165, 1.54) is 12.1 Å². The summed E-state index contributed by atoms with van der Waals surface area (Å²) in [5, 5.41) is 3.22. The molecule has 0 aliphatic rings. The SMILES string of the molecule is C=C(Cl)CNc1ccc(S(=O)(=O)C(F)F)cc1. The van der Waals surface area contributed by atoms with Crippen molar-refractivity contribution in [3.63, 3.8) is 0 Å². The number of hydrogen-bond acceptors (Lipinski definition) is 3. The minimum atomic E-state index is -4.53. The van der Waals surface area contributed by atoms with Crippen LogP contribution in [0.5, 0.6) is 0 Å². The zero-order valence-corrected chi connectivity index (χ0v) is 10.2. The van der Waals surface area contributed by atoms with Gasteiger partial charge in [0.1, 0.15) is 0 Å². The maximum Gasteiger partial charge on any atom is 0.341 e. The van der Waals surface area contributed by atoms with Crippen molar-refractivity contribution < 1.29 is 17.2 Å². The highest BCUT2D eigenvalue weighted by Gasteiger charge is 2.26. The molecule has 7 heteroatoms. The zero-order valence-electron chi connectivity index (χ0n) is 8.66. The van der Waals surface area contributed by atoms with Crippen LogP contribution < -0.4 is 5.32 Å². The van der Waals surface area contributed by atoms with E-state index in [-0.39, 0.29) is 0 Å². The van der Waals surface area contributed by atoms with Crippen LogP contribution in [0.1, 0.15) is 0 Å². The van der Waals surface area contributed by atoms with Gasteiger partial charge in [0.05, 0.1) is 11.4 Å². The van der Waals surface area contributed by atoms with Gasteiger partial charge in [0, 0.05) is 10.7 Å². The molecule has 0 radical (unpaired) electrons. The van der Waals surface area contributed by atoms with Gasteiger partial charge in [-0.25, -0.2) is 8.42 Å². The molecule has 0 saturated carbocycles. The Labute approximate surface area is 103 Å². The Hall–Kier alpha value is -1.14. The van der Waals surface area contributed by atoms with Gasteiger partial charge < -0.3 is 5.32 Å². The van der Waals surface area contributed by atoms with E-state index in [0.29, 0.717) is 17.3 Å². The number of alkyl halides is 2. The molecule has 3 nitrogen and oxygen atoms in total. The first-order valence-corrected chi connectivity index (χ1v) is 6.45. The average molecular weight is 282 g/mol. The number of hydrogen-bond donors (Lipinski definition) is 1. The zero-order chi connectivity index (χ0) is 13.1. The Balaban J connectivity index is 2.85. The number of halogens is 3. The second-order valence-corrected chi connectivity index (χ2v) is 5.65. The van der Waals surface area contributed by atoms with E-state index in [0.717, 1.165) is 12.1 Å². The van der Waals surface area contributed by atoms with E-state index >= 15 is 0 Å². The molecule has 1 aromatic carbocycles. The summed E-state index contributed by atoms with van der Waals surface area (Å²) in [6.45, 7) is 3.77. The van der Waals surface area contributed by atoms with Gasteiger partial charge in [-0.1, -0.05) is 18.2 Å². The van der Waals surface area contributed by atoms with Gasteiger partial charge in [0.15, 0.2) is 0 Å². The molecule has 0 unspecified atom stereocenters. The van der Waals surface area contributed by atoms with Crippen molar-refractivity contribution in [1.29, 1.82) is 0 Å². The molecule has 0 fully saturated rings. The Morgan fingerprint density at radius 1 is 1.35 bits per heavy atom. The predicted molar refractivity (Wildman–Crippen MR) is 63.1 cm³/mol. The summed E-state index contributed by atoms with van der Waals surface area (Å²) in [6, 6.07) is 4.99. The fourth-order valence-electron chi connectivity index (χ4n) is 1.06. The summed E-state index contributed by atoms with van der Waals surface area (Å²) in [5.74, 6) is -3.41. The summed E-state index contributed by atoms with van der Waals surface area (Å²) in [7, 11) is -4.53. The second-order valence-electron chi connectivity index (χ2n) is 3.20. The molecule has 0 aliphatic heterocycles. The Morgan fingerprint density at radius 2 is 1.88 bits per heavy atom. The van der Waals surface area contributed by atoms with E-state index in [1.807, 2.05) is 0 Å². The van der Waals surface area contributed by atoms with E-state index in [4.69, 9.17) is 11.6 Å². The van der Waals surface area contributed by atoms with Crippen LogP contribution in [-0.2, 0) is 9.84 Å². The topological polar surface area (TPSA) is 46.2 Å². The van der Waals surface area contributed by atoms with Gasteiger partial charge in [-0.15, -0.1) is 0 Å². The Morgan fingerprint density at radius 3 is 2.29 bits per heavy atom. The van der Waals surface area contributed by atoms with Crippen LogP contribution in [0.4, 0.5) is 14.5 Å². The first-order chi connectivity index (χ1) is 7.84. The molecule has 0 atom stereocenters. The van der Waals surface area contributed by atoms with E-state index < -0.39 is 20.5 Å². The van der Waals surface area contributed by atoms with Crippen LogP contribution in [-0.4, -0.2) is 20.7 Å². The van der Waals surface area contributed by atoms with Gasteiger partial charge in [0.25, 0.3) is 0 Å². The monoisotopic (exact) mass is 281 g/mol. The fraction of sp³-hybridized carbons (Fsp3) is 0.200. The van der Waals surface area contributed by atoms with Crippen molar-refractivity contribution in [1.82, 2.24) is 0 Å². The first kappa shape index (κ1) is 13.9. The molecule has 0 saturated heterocycles. The van der Waals surface area contributed by atoms with E-state index in [9.17, 15) is 17.2 Å². The van der Waals surface area contributed by atoms with Crippen LogP contribution >= 0.6 is 11.6 Å². The van der Waals surface area contributed by atoms with Gasteiger partial charge in [-0.2, -0.15) is 8.78 Å². The van der Waals surface area contributed by atoms with Crippen molar-refractivity contribution >= 4 is 27.1 Å². The maximum atomic E-state index is 12.2. The van der Waals surface area contributed by atoms with Crippen molar-refractivity contribution in [2.24, 2.45) is 0 Å². The molecular formula is C10H10ClF2NO2S. The standard InChI is InChI=1S/C10H10ClF2NO2S/c1-7(11)6-14-8-2-4-9(5-3-8)17(15,16)10(12)13/h2-5,10,14H,1,6H2. The van der Waals surface area contributed by atoms with Crippen molar-refractivity contribution in [3.05, 3.63) is 35.9 Å². The predicted octanol–water partition coefficient (Wildman–Crippen LogP) is 2.85. The molecule has 0 aromatic heterocycles. The third kappa shape index (κ3) is 3.67. The lowest BCUT2D eigenvalue weighted by atomic mass is 10.3. The number of benzene rings is 1. The molecule has 0 amide bonds. The number of nitrogens with one attached hydrogen (secondary N) is 1. The van der Waals surface area contributed by atoms with Crippen LogP contribution in [0, 0.1) is 0 Å². The number of sulfone groups is 1. The molecule has 0 spiro atoms. The Bertz CT molecular complexity index is 500. The third-order valence-corrected chi connectivity index (χ3v) is 3.43. The minimum Gasteiger partial charge on any atom is -0.380 e. The second kappa shape index (κ2) is 5.46. The van der Waals surface area contributed by atoms with Crippen LogP contribution in [0.2, 0.25) is 0 Å². The molecule has 17 heavy (non-hydrogen) atoms. The van der Waals surface area contributed by atoms with Gasteiger partial charge in [-0.05, 0) is 24.3 Å². The molecule has 1 rings (SSSR count). The van der Waals surface area contributed by atoms with Crippen molar-refractivity contribution in [2.45, 2.75) is 10.7 Å². The summed E-state index contributed by atoms with van der Waals surface area (Å²) >= 11 is 5.52. The summed E-state index contributed by atoms with van der Waals surface area (Å²) in [4.78, 5) is -0.414. The first-order valence-electron chi connectivity index (χ1n) is 4.53. The van der Waals surface area contributed by atoms with Gasteiger partial charge in [0.2, 0.25) is 9.84 Å². The van der Waals surface area contributed by atoms with Crippen LogP contribution in [0.25, 0.3) is 0 Å². The van der Waals surface area contributed by atoms with E-state index in [2.05, 4.69) is 11.9 Å². The summed E-state index contributed by atoms with van der Waals surface area (Å²) in [5.41, 5.74) is 0.569. The molecule has 0 aliphatic carbocycles. The molecule has 0 bridgehead atoms.